The Morgan fingerprint density at radius 2 is 1.97 bits per heavy atom. The summed E-state index contributed by atoms with van der Waals surface area (Å²) in [6.07, 6.45) is 0. The number of rotatable bonds is 5. The summed E-state index contributed by atoms with van der Waals surface area (Å²) < 4.78 is 11.3. The zero-order chi connectivity index (χ0) is 21.3. The van der Waals surface area contributed by atoms with Gasteiger partial charge in [0.15, 0.2) is 5.58 Å². The fourth-order valence-corrected chi connectivity index (χ4v) is 3.38. The number of aryl methyl sites for hydroxylation is 2. The Morgan fingerprint density at radius 1 is 1.13 bits per heavy atom. The summed E-state index contributed by atoms with van der Waals surface area (Å²) in [5.74, 6) is 0.636. The molecule has 0 atom stereocenters. The monoisotopic (exact) mass is 402 g/mol. The minimum Gasteiger partial charge on any atom is -0.507 e. The first kappa shape index (κ1) is 19.5. The van der Waals surface area contributed by atoms with Crippen molar-refractivity contribution in [3.05, 3.63) is 71.3 Å². The van der Waals surface area contributed by atoms with Gasteiger partial charge in [-0.3, -0.25) is 4.79 Å². The van der Waals surface area contributed by atoms with Gasteiger partial charge < -0.3 is 19.6 Å². The van der Waals surface area contributed by atoms with E-state index < -0.39 is 0 Å². The van der Waals surface area contributed by atoms with Crippen LogP contribution in [0.1, 0.15) is 28.4 Å². The maximum Gasteiger partial charge on any atom is 0.255 e. The number of hydrogen-bond acceptors (Lipinski definition) is 5. The number of fused-ring (bicyclic) bond motifs is 1. The van der Waals surface area contributed by atoms with Crippen molar-refractivity contribution in [1.82, 2.24) is 4.98 Å². The summed E-state index contributed by atoms with van der Waals surface area (Å²) in [7, 11) is 0. The van der Waals surface area contributed by atoms with Crippen molar-refractivity contribution in [2.45, 2.75) is 20.8 Å². The van der Waals surface area contributed by atoms with Crippen LogP contribution in [-0.4, -0.2) is 22.6 Å². The molecule has 0 fully saturated rings. The van der Waals surface area contributed by atoms with Crippen LogP contribution in [0.2, 0.25) is 0 Å². The molecule has 30 heavy (non-hydrogen) atoms. The third-order valence-corrected chi connectivity index (χ3v) is 4.71. The van der Waals surface area contributed by atoms with Crippen LogP contribution in [0.3, 0.4) is 0 Å². The number of carbonyl (C=O) groups is 1. The minimum absolute atomic E-state index is 0.0307. The molecule has 0 saturated carbocycles. The molecule has 1 heterocycles. The molecule has 4 rings (SSSR count). The molecule has 1 amide bonds. The van der Waals surface area contributed by atoms with Gasteiger partial charge >= 0.3 is 0 Å². The van der Waals surface area contributed by atoms with Gasteiger partial charge in [0.25, 0.3) is 5.91 Å². The van der Waals surface area contributed by atoms with Gasteiger partial charge in [-0.2, -0.15) is 0 Å². The lowest BCUT2D eigenvalue weighted by molar-refractivity contribution is 0.102. The maximum atomic E-state index is 12.5. The SMILES string of the molecule is CCOc1cccc(C(=O)Nc2ccc(-c3nc4cc(C)cc(C)c4o3)c(O)c2)c1. The van der Waals surface area contributed by atoms with Gasteiger partial charge in [0.2, 0.25) is 5.89 Å². The Kier molecular flexibility index (Phi) is 5.14. The number of phenolic OH excluding ortho intramolecular Hbond substituents is 1. The maximum absolute atomic E-state index is 12.5. The van der Waals surface area contributed by atoms with E-state index in [1.54, 1.807) is 36.4 Å². The number of benzene rings is 3. The van der Waals surface area contributed by atoms with Gasteiger partial charge in [-0.1, -0.05) is 12.1 Å². The van der Waals surface area contributed by atoms with Crippen LogP contribution in [0.5, 0.6) is 11.5 Å². The molecule has 0 unspecified atom stereocenters. The molecular weight excluding hydrogens is 380 g/mol. The topological polar surface area (TPSA) is 84.6 Å². The molecule has 0 aliphatic carbocycles. The number of hydrogen-bond donors (Lipinski definition) is 2. The highest BCUT2D eigenvalue weighted by Gasteiger charge is 2.15. The number of carbonyl (C=O) groups excluding carboxylic acids is 1. The number of nitrogens with one attached hydrogen (secondary N) is 1. The van der Waals surface area contributed by atoms with Crippen molar-refractivity contribution in [1.29, 1.82) is 0 Å². The van der Waals surface area contributed by atoms with Crippen molar-refractivity contribution in [3.63, 3.8) is 0 Å². The Morgan fingerprint density at radius 3 is 2.73 bits per heavy atom. The fourth-order valence-electron chi connectivity index (χ4n) is 3.38. The average molecular weight is 402 g/mol. The first-order valence-corrected chi connectivity index (χ1v) is 9.70. The molecule has 3 aromatic carbocycles. The van der Waals surface area contributed by atoms with Crippen LogP contribution in [0.4, 0.5) is 5.69 Å². The largest absolute Gasteiger partial charge is 0.507 e. The van der Waals surface area contributed by atoms with E-state index in [9.17, 15) is 9.90 Å². The quantitative estimate of drug-likeness (QED) is 0.462. The number of oxazole rings is 1. The molecule has 0 aliphatic rings. The van der Waals surface area contributed by atoms with Crippen molar-refractivity contribution >= 4 is 22.7 Å². The molecule has 6 nitrogen and oxygen atoms in total. The molecular formula is C24H22N2O4. The number of ether oxygens (including phenoxy) is 1. The lowest BCUT2D eigenvalue weighted by Crippen LogP contribution is -2.12. The second kappa shape index (κ2) is 7.91. The van der Waals surface area contributed by atoms with Crippen LogP contribution in [0.25, 0.3) is 22.6 Å². The first-order valence-electron chi connectivity index (χ1n) is 9.70. The molecule has 152 valence electrons. The summed E-state index contributed by atoms with van der Waals surface area (Å²) in [6, 6.07) is 15.8. The van der Waals surface area contributed by atoms with Crippen molar-refractivity contribution in [3.8, 4) is 23.0 Å². The average Bonchev–Trinajstić information content (AvgIpc) is 3.12. The van der Waals surface area contributed by atoms with Crippen LogP contribution < -0.4 is 10.1 Å². The zero-order valence-corrected chi connectivity index (χ0v) is 17.0. The van der Waals surface area contributed by atoms with E-state index in [0.29, 0.717) is 40.6 Å². The molecule has 0 bridgehead atoms. The summed E-state index contributed by atoms with van der Waals surface area (Å²) in [5.41, 5.74) is 4.91. The third-order valence-electron chi connectivity index (χ3n) is 4.71. The normalized spacial score (nSPS) is 10.9. The van der Waals surface area contributed by atoms with E-state index in [4.69, 9.17) is 9.15 Å². The zero-order valence-electron chi connectivity index (χ0n) is 17.0. The van der Waals surface area contributed by atoms with Crippen molar-refractivity contribution in [2.24, 2.45) is 0 Å². The van der Waals surface area contributed by atoms with Gasteiger partial charge in [0, 0.05) is 17.3 Å². The van der Waals surface area contributed by atoms with Crippen LogP contribution in [0, 0.1) is 13.8 Å². The molecule has 0 aliphatic heterocycles. The minimum atomic E-state index is -0.295. The van der Waals surface area contributed by atoms with Gasteiger partial charge in [0.1, 0.15) is 17.0 Å². The predicted molar refractivity (Wildman–Crippen MR) is 116 cm³/mol. The van der Waals surface area contributed by atoms with Gasteiger partial charge in [-0.05, 0) is 68.3 Å². The predicted octanol–water partition coefficient (Wildman–Crippen LogP) is 5.47. The smallest absolute Gasteiger partial charge is 0.255 e. The number of nitrogens with zero attached hydrogens (tertiary/aromatic N) is 1. The standard InChI is InChI=1S/C24H22N2O4/c1-4-29-18-7-5-6-16(12-18)23(28)25-17-8-9-19(21(27)13-17)24-26-20-11-14(2)10-15(3)22(20)30-24/h5-13,27H,4H2,1-3H3,(H,25,28). The van der Waals surface area contributed by atoms with Crippen LogP contribution in [0.15, 0.2) is 59.0 Å². The van der Waals surface area contributed by atoms with E-state index >= 15 is 0 Å². The molecule has 1 aromatic heterocycles. The van der Waals surface area contributed by atoms with E-state index in [1.807, 2.05) is 32.9 Å². The van der Waals surface area contributed by atoms with Gasteiger partial charge in [0.05, 0.1) is 12.2 Å². The van der Waals surface area contributed by atoms with E-state index in [-0.39, 0.29) is 11.7 Å². The van der Waals surface area contributed by atoms with E-state index in [2.05, 4.69) is 10.3 Å². The summed E-state index contributed by atoms with van der Waals surface area (Å²) >= 11 is 0. The van der Waals surface area contributed by atoms with Crippen molar-refractivity contribution in [2.75, 3.05) is 11.9 Å². The lowest BCUT2D eigenvalue weighted by Gasteiger charge is -2.09. The van der Waals surface area contributed by atoms with Crippen LogP contribution >= 0.6 is 0 Å². The fraction of sp³-hybridized carbons (Fsp3) is 0.167. The number of aromatic hydroxyl groups is 1. The van der Waals surface area contributed by atoms with Crippen LogP contribution in [-0.2, 0) is 0 Å². The molecule has 0 saturated heterocycles. The highest BCUT2D eigenvalue weighted by atomic mass is 16.5. The summed E-state index contributed by atoms with van der Waals surface area (Å²) in [4.78, 5) is 17.0. The first-order chi connectivity index (χ1) is 14.4. The Hall–Kier alpha value is -3.80. The molecule has 2 N–H and O–H groups in total. The molecule has 0 spiro atoms. The van der Waals surface area contributed by atoms with E-state index in [0.717, 1.165) is 16.6 Å². The number of amides is 1. The highest BCUT2D eigenvalue weighted by Crippen LogP contribution is 2.34. The van der Waals surface area contributed by atoms with E-state index in [1.165, 1.54) is 6.07 Å². The lowest BCUT2D eigenvalue weighted by atomic mass is 10.1. The Labute approximate surface area is 174 Å². The number of phenols is 1. The summed E-state index contributed by atoms with van der Waals surface area (Å²) in [5, 5.41) is 13.3. The second-order valence-electron chi connectivity index (χ2n) is 7.10. The molecule has 0 radical (unpaired) electrons. The summed E-state index contributed by atoms with van der Waals surface area (Å²) in [6.45, 7) is 6.37. The number of anilines is 1. The molecule has 6 heteroatoms. The Bertz CT molecular complexity index is 1240. The van der Waals surface area contributed by atoms with Crippen molar-refractivity contribution < 1.29 is 19.1 Å². The van der Waals surface area contributed by atoms with Gasteiger partial charge in [-0.15, -0.1) is 0 Å². The van der Waals surface area contributed by atoms with Gasteiger partial charge in [-0.25, -0.2) is 4.98 Å². The Balaban J connectivity index is 1.58. The number of aromatic nitrogens is 1. The second-order valence-corrected chi connectivity index (χ2v) is 7.10. The molecule has 4 aromatic rings. The third kappa shape index (κ3) is 3.85. The highest BCUT2D eigenvalue weighted by molar-refractivity contribution is 6.04.